The Morgan fingerprint density at radius 1 is 1.12 bits per heavy atom. The van der Waals surface area contributed by atoms with Gasteiger partial charge < -0.3 is 20.4 Å². The van der Waals surface area contributed by atoms with Crippen LogP contribution in [0.25, 0.3) is 10.9 Å². The Balaban J connectivity index is 1.46. The summed E-state index contributed by atoms with van der Waals surface area (Å²) >= 11 is 6.20. The second-order valence-electron chi connectivity index (χ2n) is 9.32. The fraction of sp³-hybridized carbons (Fsp3) is 0.520. The lowest BCUT2D eigenvalue weighted by Crippen LogP contribution is -2.52. The number of esters is 1. The van der Waals surface area contributed by atoms with Gasteiger partial charge in [-0.3, -0.25) is 14.4 Å². The van der Waals surface area contributed by atoms with E-state index in [9.17, 15) is 19.2 Å². The summed E-state index contributed by atoms with van der Waals surface area (Å²) in [6.07, 6.45) is 5.68. The van der Waals surface area contributed by atoms with Crippen molar-refractivity contribution in [1.82, 2.24) is 15.6 Å². The van der Waals surface area contributed by atoms with E-state index in [1.807, 2.05) is 6.07 Å². The molecule has 2 fully saturated rings. The fourth-order valence-corrected chi connectivity index (χ4v) is 4.84. The summed E-state index contributed by atoms with van der Waals surface area (Å²) in [5.41, 5.74) is 0.953. The molecule has 0 bridgehead atoms. The average molecular weight is 488 g/mol. The van der Waals surface area contributed by atoms with Crippen LogP contribution in [0.4, 0.5) is 0 Å². The van der Waals surface area contributed by atoms with Crippen LogP contribution in [0.2, 0.25) is 5.02 Å². The highest BCUT2D eigenvalue weighted by molar-refractivity contribution is 6.35. The van der Waals surface area contributed by atoms with Gasteiger partial charge in [0.05, 0.1) is 17.6 Å². The summed E-state index contributed by atoms with van der Waals surface area (Å²) in [6, 6.07) is 5.32. The number of para-hydroxylation sites is 1. The van der Waals surface area contributed by atoms with E-state index in [4.69, 9.17) is 16.3 Å². The molecule has 34 heavy (non-hydrogen) atoms. The number of Topliss-reactive ketones (excluding diaryl/α,β-unsaturated/α-hetero) is 1. The van der Waals surface area contributed by atoms with Crippen molar-refractivity contribution in [2.45, 2.75) is 63.5 Å². The number of halogens is 1. The quantitative estimate of drug-likeness (QED) is 0.468. The minimum absolute atomic E-state index is 0.120. The van der Waals surface area contributed by atoms with Crippen LogP contribution in [0.5, 0.6) is 0 Å². The zero-order valence-corrected chi connectivity index (χ0v) is 20.0. The van der Waals surface area contributed by atoms with E-state index in [-0.39, 0.29) is 18.1 Å². The molecule has 0 radical (unpaired) electrons. The first-order valence-corrected chi connectivity index (χ1v) is 12.2. The highest BCUT2D eigenvalue weighted by atomic mass is 35.5. The molecule has 2 amide bonds. The summed E-state index contributed by atoms with van der Waals surface area (Å²) in [4.78, 5) is 53.9. The van der Waals surface area contributed by atoms with Gasteiger partial charge in [0.1, 0.15) is 23.6 Å². The van der Waals surface area contributed by atoms with E-state index in [1.54, 1.807) is 18.2 Å². The Kier molecular flexibility index (Phi) is 7.56. The number of methoxy groups -OCH3 is 1. The summed E-state index contributed by atoms with van der Waals surface area (Å²) in [5.74, 6) is -1.27. The number of benzene rings is 1. The topological polar surface area (TPSA) is 117 Å². The smallest absolute Gasteiger partial charge is 0.328 e. The maximum absolute atomic E-state index is 13.2. The van der Waals surface area contributed by atoms with Crippen molar-refractivity contribution in [3.8, 4) is 0 Å². The summed E-state index contributed by atoms with van der Waals surface area (Å²) < 4.78 is 4.89. The number of ether oxygens (including phenoxy) is 1. The highest BCUT2D eigenvalue weighted by Crippen LogP contribution is 2.34. The molecule has 3 atom stereocenters. The second kappa shape index (κ2) is 10.6. The number of aromatic amines is 1. The molecular formula is C25H30ClN3O5. The summed E-state index contributed by atoms with van der Waals surface area (Å²) in [7, 11) is 1.26. The average Bonchev–Trinajstić information content (AvgIpc) is 3.53. The van der Waals surface area contributed by atoms with Gasteiger partial charge in [0, 0.05) is 17.7 Å². The van der Waals surface area contributed by atoms with Crippen molar-refractivity contribution in [3.05, 3.63) is 35.0 Å². The maximum atomic E-state index is 13.2. The number of hydrogen-bond donors (Lipinski definition) is 3. The molecule has 8 nitrogen and oxygen atoms in total. The van der Waals surface area contributed by atoms with Crippen molar-refractivity contribution in [2.24, 2.45) is 11.8 Å². The van der Waals surface area contributed by atoms with E-state index >= 15 is 0 Å². The number of nitrogens with one attached hydrogen (secondary N) is 3. The Morgan fingerprint density at radius 2 is 1.91 bits per heavy atom. The normalized spacial score (nSPS) is 19.9. The van der Waals surface area contributed by atoms with Gasteiger partial charge in [-0.05, 0) is 43.7 Å². The first-order chi connectivity index (χ1) is 16.4. The van der Waals surface area contributed by atoms with E-state index in [1.165, 1.54) is 7.11 Å². The first-order valence-electron chi connectivity index (χ1n) is 11.8. The molecule has 0 aliphatic heterocycles. The molecule has 1 heterocycles. The van der Waals surface area contributed by atoms with Gasteiger partial charge in [0.25, 0.3) is 5.91 Å². The molecule has 1 aromatic carbocycles. The minimum Gasteiger partial charge on any atom is -0.467 e. The number of H-pyrrole nitrogens is 1. The molecule has 0 unspecified atom stereocenters. The summed E-state index contributed by atoms with van der Waals surface area (Å²) in [6.45, 7) is 0. The van der Waals surface area contributed by atoms with Gasteiger partial charge in [0.2, 0.25) is 5.91 Å². The molecule has 2 aromatic rings. The number of aromatic nitrogens is 1. The number of rotatable bonds is 9. The first kappa shape index (κ1) is 24.3. The third-order valence-corrected chi connectivity index (χ3v) is 7.06. The highest BCUT2D eigenvalue weighted by Gasteiger charge is 2.35. The Morgan fingerprint density at radius 3 is 2.59 bits per heavy atom. The lowest BCUT2D eigenvalue weighted by molar-refractivity contribution is -0.146. The van der Waals surface area contributed by atoms with Crippen LogP contribution in [0.1, 0.15) is 61.9 Å². The van der Waals surface area contributed by atoms with Crippen LogP contribution < -0.4 is 10.6 Å². The molecule has 3 N–H and O–H groups in total. The Bertz CT molecular complexity index is 1090. The molecule has 9 heteroatoms. The van der Waals surface area contributed by atoms with Crippen molar-refractivity contribution in [3.63, 3.8) is 0 Å². The second-order valence-corrected chi connectivity index (χ2v) is 9.73. The predicted octanol–water partition coefficient (Wildman–Crippen LogP) is 3.53. The van der Waals surface area contributed by atoms with Gasteiger partial charge >= 0.3 is 5.97 Å². The molecule has 2 aliphatic rings. The molecular weight excluding hydrogens is 458 g/mol. The van der Waals surface area contributed by atoms with Crippen LogP contribution >= 0.6 is 11.6 Å². The third kappa shape index (κ3) is 5.78. The maximum Gasteiger partial charge on any atom is 0.328 e. The Labute approximate surface area is 203 Å². The lowest BCUT2D eigenvalue weighted by Gasteiger charge is -2.26. The molecule has 2 saturated carbocycles. The van der Waals surface area contributed by atoms with Gasteiger partial charge in [0.15, 0.2) is 0 Å². The van der Waals surface area contributed by atoms with E-state index in [0.29, 0.717) is 41.4 Å². The zero-order valence-electron chi connectivity index (χ0n) is 19.2. The largest absolute Gasteiger partial charge is 0.467 e. The molecule has 0 saturated heterocycles. The van der Waals surface area contributed by atoms with Crippen molar-refractivity contribution >= 4 is 46.1 Å². The number of fused-ring (bicyclic) bond motifs is 1. The lowest BCUT2D eigenvalue weighted by atomic mass is 9.83. The van der Waals surface area contributed by atoms with Crippen LogP contribution in [0, 0.1) is 11.8 Å². The van der Waals surface area contributed by atoms with Crippen molar-refractivity contribution in [1.29, 1.82) is 0 Å². The molecule has 182 valence electrons. The van der Waals surface area contributed by atoms with Crippen molar-refractivity contribution < 1.29 is 23.9 Å². The number of amides is 2. The fourth-order valence-electron chi connectivity index (χ4n) is 4.61. The number of hydrogen-bond acceptors (Lipinski definition) is 5. The zero-order chi connectivity index (χ0) is 24.2. The Hall–Kier alpha value is -2.87. The van der Waals surface area contributed by atoms with Crippen LogP contribution in [0.3, 0.4) is 0 Å². The minimum atomic E-state index is -0.935. The predicted molar refractivity (Wildman–Crippen MR) is 127 cm³/mol. The van der Waals surface area contributed by atoms with E-state index in [2.05, 4.69) is 15.6 Å². The summed E-state index contributed by atoms with van der Waals surface area (Å²) in [5, 5.41) is 6.86. The number of carbonyl (C=O) groups is 4. The van der Waals surface area contributed by atoms with E-state index in [0.717, 1.165) is 31.1 Å². The van der Waals surface area contributed by atoms with Crippen molar-refractivity contribution in [2.75, 3.05) is 7.11 Å². The van der Waals surface area contributed by atoms with Gasteiger partial charge in [-0.15, -0.1) is 0 Å². The molecule has 1 aromatic heterocycles. The molecule has 0 spiro atoms. The van der Waals surface area contributed by atoms with Gasteiger partial charge in [-0.25, -0.2) is 4.79 Å². The third-order valence-electron chi connectivity index (χ3n) is 6.74. The SMILES string of the molecule is COC(=O)[C@H](C[C@@H]1CCCCC1=O)NC(=O)[C@H](CC1CC1)NC(=O)c1cc2cccc(Cl)c2[nH]1. The van der Waals surface area contributed by atoms with Gasteiger partial charge in [-0.1, -0.05) is 43.0 Å². The monoisotopic (exact) mass is 487 g/mol. The van der Waals surface area contributed by atoms with Crippen LogP contribution in [0.15, 0.2) is 24.3 Å². The standard InChI is InChI=1S/C25H30ClN3O5/c1-34-25(33)20(12-15-5-2-3-8-21(15)30)29-23(31)18(11-14-9-10-14)28-24(32)19-13-16-6-4-7-17(26)22(16)27-19/h4,6-7,13-15,18,20,27H,2-3,5,8-12H2,1H3,(H,28,32)(H,29,31)/t15-,18-,20-/m0/s1. The number of carbonyl (C=O) groups excluding carboxylic acids is 4. The van der Waals surface area contributed by atoms with Crippen LogP contribution in [-0.4, -0.2) is 47.7 Å². The van der Waals surface area contributed by atoms with Gasteiger partial charge in [-0.2, -0.15) is 0 Å². The number of ketones is 1. The van der Waals surface area contributed by atoms with E-state index < -0.39 is 29.9 Å². The van der Waals surface area contributed by atoms with Crippen LogP contribution in [-0.2, 0) is 19.1 Å². The molecule has 4 rings (SSSR count). The molecule has 2 aliphatic carbocycles.